The SMILES string of the molecule is N#Cc1cnn(C2CN(c3nc4c(cc3C#N)CCCC4)C2)c1. The first-order valence-electron chi connectivity index (χ1n) is 7.90. The van der Waals surface area contributed by atoms with Crippen molar-refractivity contribution in [3.8, 4) is 12.1 Å². The van der Waals surface area contributed by atoms with Crippen LogP contribution in [0.5, 0.6) is 0 Å². The van der Waals surface area contributed by atoms with E-state index < -0.39 is 0 Å². The Kier molecular flexibility index (Phi) is 3.24. The van der Waals surface area contributed by atoms with Gasteiger partial charge in [0.2, 0.25) is 0 Å². The lowest BCUT2D eigenvalue weighted by molar-refractivity contribution is 0.365. The lowest BCUT2D eigenvalue weighted by atomic mass is 9.94. The summed E-state index contributed by atoms with van der Waals surface area (Å²) < 4.78 is 1.83. The van der Waals surface area contributed by atoms with Gasteiger partial charge in [0.15, 0.2) is 0 Å². The third-order valence-corrected chi connectivity index (χ3v) is 4.67. The van der Waals surface area contributed by atoms with E-state index in [4.69, 9.17) is 10.2 Å². The Balaban J connectivity index is 1.56. The first kappa shape index (κ1) is 13.8. The molecule has 2 aliphatic rings. The Bertz CT molecular complexity index is 832. The molecule has 2 aromatic rings. The van der Waals surface area contributed by atoms with Crippen LogP contribution in [0.25, 0.3) is 0 Å². The summed E-state index contributed by atoms with van der Waals surface area (Å²) in [5.41, 5.74) is 3.63. The van der Waals surface area contributed by atoms with Crippen molar-refractivity contribution in [1.29, 1.82) is 10.5 Å². The second-order valence-corrected chi connectivity index (χ2v) is 6.16. The van der Waals surface area contributed by atoms with Gasteiger partial charge in [0.1, 0.15) is 18.0 Å². The zero-order valence-corrected chi connectivity index (χ0v) is 12.7. The molecule has 4 rings (SSSR count). The summed E-state index contributed by atoms with van der Waals surface area (Å²) in [7, 11) is 0. The Labute approximate surface area is 134 Å². The molecular formula is C17H16N6. The Morgan fingerprint density at radius 3 is 2.70 bits per heavy atom. The highest BCUT2D eigenvalue weighted by Gasteiger charge is 2.32. The first-order chi connectivity index (χ1) is 11.3. The van der Waals surface area contributed by atoms with Crippen molar-refractivity contribution >= 4 is 5.82 Å². The molecule has 1 aliphatic carbocycles. The van der Waals surface area contributed by atoms with Crippen molar-refractivity contribution < 1.29 is 0 Å². The molecule has 2 aromatic heterocycles. The molecule has 6 heteroatoms. The second kappa shape index (κ2) is 5.40. The quantitative estimate of drug-likeness (QED) is 0.847. The van der Waals surface area contributed by atoms with Crippen LogP contribution in [0.1, 0.15) is 41.3 Å². The number of nitriles is 2. The van der Waals surface area contributed by atoms with Gasteiger partial charge in [0.05, 0.1) is 23.4 Å². The lowest BCUT2D eigenvalue weighted by Gasteiger charge is -2.40. The van der Waals surface area contributed by atoms with Crippen molar-refractivity contribution in [2.75, 3.05) is 18.0 Å². The van der Waals surface area contributed by atoms with Gasteiger partial charge in [-0.1, -0.05) is 0 Å². The standard InChI is InChI=1S/C17H16N6/c18-6-12-8-20-23(9-12)15-10-22(11-15)17-14(7-19)5-13-3-1-2-4-16(13)21-17/h5,8-9,15H,1-4,10-11H2. The highest BCUT2D eigenvalue weighted by atomic mass is 15.4. The van der Waals surface area contributed by atoms with Crippen LogP contribution in [0.4, 0.5) is 5.82 Å². The molecule has 0 atom stereocenters. The number of fused-ring (bicyclic) bond motifs is 1. The number of nitrogens with zero attached hydrogens (tertiary/aromatic N) is 6. The molecule has 23 heavy (non-hydrogen) atoms. The highest BCUT2D eigenvalue weighted by molar-refractivity contribution is 5.58. The van der Waals surface area contributed by atoms with E-state index in [-0.39, 0.29) is 6.04 Å². The van der Waals surface area contributed by atoms with E-state index >= 15 is 0 Å². The molecule has 3 heterocycles. The molecule has 0 saturated carbocycles. The summed E-state index contributed by atoms with van der Waals surface area (Å²) in [6.07, 6.45) is 7.76. The van der Waals surface area contributed by atoms with E-state index in [0.717, 1.165) is 37.4 Å². The number of pyridine rings is 1. The van der Waals surface area contributed by atoms with Crippen molar-refractivity contribution in [3.05, 3.63) is 40.8 Å². The Hall–Kier alpha value is -2.86. The molecule has 0 spiro atoms. The van der Waals surface area contributed by atoms with Crippen LogP contribution in [-0.4, -0.2) is 27.9 Å². The van der Waals surface area contributed by atoms with Crippen molar-refractivity contribution in [2.24, 2.45) is 0 Å². The molecule has 0 aromatic carbocycles. The largest absolute Gasteiger partial charge is 0.351 e. The van der Waals surface area contributed by atoms with Crippen molar-refractivity contribution in [2.45, 2.75) is 31.7 Å². The average Bonchev–Trinajstić information content (AvgIpc) is 3.01. The number of aromatic nitrogens is 3. The third kappa shape index (κ3) is 2.33. The first-order valence-corrected chi connectivity index (χ1v) is 7.90. The fraction of sp³-hybridized carbons (Fsp3) is 0.412. The van der Waals surface area contributed by atoms with Gasteiger partial charge >= 0.3 is 0 Å². The summed E-state index contributed by atoms with van der Waals surface area (Å²) in [4.78, 5) is 6.91. The van der Waals surface area contributed by atoms with E-state index in [0.29, 0.717) is 11.1 Å². The third-order valence-electron chi connectivity index (χ3n) is 4.67. The summed E-state index contributed by atoms with van der Waals surface area (Å²) in [5, 5.41) is 22.5. The minimum atomic E-state index is 0.237. The van der Waals surface area contributed by atoms with Crippen LogP contribution in [0.15, 0.2) is 18.5 Å². The molecule has 6 nitrogen and oxygen atoms in total. The smallest absolute Gasteiger partial charge is 0.146 e. The summed E-state index contributed by atoms with van der Waals surface area (Å²) >= 11 is 0. The zero-order valence-electron chi connectivity index (χ0n) is 12.7. The fourth-order valence-electron chi connectivity index (χ4n) is 3.34. The van der Waals surface area contributed by atoms with Gasteiger partial charge in [-0.3, -0.25) is 4.68 Å². The van der Waals surface area contributed by atoms with E-state index in [1.807, 2.05) is 10.7 Å². The maximum absolute atomic E-state index is 9.44. The Morgan fingerprint density at radius 2 is 1.96 bits per heavy atom. The molecule has 0 bridgehead atoms. The van der Waals surface area contributed by atoms with E-state index in [9.17, 15) is 5.26 Å². The molecule has 1 fully saturated rings. The minimum Gasteiger partial charge on any atom is -0.351 e. The van der Waals surface area contributed by atoms with Gasteiger partial charge in [0, 0.05) is 25.0 Å². The monoisotopic (exact) mass is 304 g/mol. The minimum absolute atomic E-state index is 0.237. The Morgan fingerprint density at radius 1 is 1.13 bits per heavy atom. The predicted molar refractivity (Wildman–Crippen MR) is 83.8 cm³/mol. The normalized spacial score (nSPS) is 17.0. The molecule has 0 N–H and O–H groups in total. The van der Waals surface area contributed by atoms with Gasteiger partial charge in [-0.25, -0.2) is 4.98 Å². The van der Waals surface area contributed by atoms with Gasteiger partial charge < -0.3 is 4.90 Å². The van der Waals surface area contributed by atoms with Crippen LogP contribution in [0.2, 0.25) is 0 Å². The van der Waals surface area contributed by atoms with Crippen LogP contribution < -0.4 is 4.90 Å². The van der Waals surface area contributed by atoms with Crippen LogP contribution in [0.3, 0.4) is 0 Å². The number of hydrogen-bond donors (Lipinski definition) is 0. The second-order valence-electron chi connectivity index (χ2n) is 6.16. The van der Waals surface area contributed by atoms with Crippen molar-refractivity contribution in [3.63, 3.8) is 0 Å². The van der Waals surface area contributed by atoms with Crippen LogP contribution >= 0.6 is 0 Å². The number of anilines is 1. The molecule has 0 amide bonds. The lowest BCUT2D eigenvalue weighted by Crippen LogP contribution is -2.48. The molecule has 1 aliphatic heterocycles. The molecular weight excluding hydrogens is 288 g/mol. The number of aryl methyl sites for hydroxylation is 2. The number of rotatable bonds is 2. The van der Waals surface area contributed by atoms with E-state index in [2.05, 4.69) is 22.1 Å². The summed E-state index contributed by atoms with van der Waals surface area (Å²) in [6.45, 7) is 1.54. The molecule has 114 valence electrons. The zero-order chi connectivity index (χ0) is 15.8. The fourth-order valence-corrected chi connectivity index (χ4v) is 3.34. The van der Waals surface area contributed by atoms with Gasteiger partial charge in [-0.05, 0) is 37.3 Å². The maximum Gasteiger partial charge on any atom is 0.146 e. The van der Waals surface area contributed by atoms with Gasteiger partial charge in [-0.2, -0.15) is 15.6 Å². The maximum atomic E-state index is 9.44. The van der Waals surface area contributed by atoms with Crippen molar-refractivity contribution in [1.82, 2.24) is 14.8 Å². The van der Waals surface area contributed by atoms with Gasteiger partial charge in [0.25, 0.3) is 0 Å². The van der Waals surface area contributed by atoms with Crippen LogP contribution in [-0.2, 0) is 12.8 Å². The van der Waals surface area contributed by atoms with E-state index in [1.54, 1.807) is 12.4 Å². The average molecular weight is 304 g/mol. The topological polar surface area (TPSA) is 81.5 Å². The summed E-state index contributed by atoms with van der Waals surface area (Å²) in [5.74, 6) is 0.803. The van der Waals surface area contributed by atoms with Gasteiger partial charge in [-0.15, -0.1) is 0 Å². The highest BCUT2D eigenvalue weighted by Crippen LogP contribution is 2.31. The molecule has 0 radical (unpaired) electrons. The number of hydrogen-bond acceptors (Lipinski definition) is 5. The van der Waals surface area contributed by atoms with E-state index in [1.165, 1.54) is 18.4 Å². The molecule has 1 saturated heterocycles. The predicted octanol–water partition coefficient (Wildman–Crippen LogP) is 1.96. The molecule has 0 unspecified atom stereocenters. The van der Waals surface area contributed by atoms with Crippen LogP contribution in [0, 0.1) is 22.7 Å². The summed E-state index contributed by atoms with van der Waals surface area (Å²) in [6, 6.07) is 6.64.